The SMILES string of the molecule is COc1ccc(C)cc1C(O)c1cn(C)cn1. The monoisotopic (exact) mass is 232 g/mol. The molecule has 0 saturated heterocycles. The van der Waals surface area contributed by atoms with E-state index in [2.05, 4.69) is 4.98 Å². The Morgan fingerprint density at radius 1 is 1.41 bits per heavy atom. The number of aromatic nitrogens is 2. The molecular weight excluding hydrogens is 216 g/mol. The van der Waals surface area contributed by atoms with Gasteiger partial charge in [0.1, 0.15) is 11.9 Å². The summed E-state index contributed by atoms with van der Waals surface area (Å²) in [6.45, 7) is 1.98. The van der Waals surface area contributed by atoms with Crippen molar-refractivity contribution in [2.75, 3.05) is 7.11 Å². The highest BCUT2D eigenvalue weighted by Gasteiger charge is 2.17. The predicted molar refractivity (Wildman–Crippen MR) is 65.0 cm³/mol. The molecule has 0 saturated carbocycles. The lowest BCUT2D eigenvalue weighted by Crippen LogP contribution is -2.03. The van der Waals surface area contributed by atoms with Gasteiger partial charge in [-0.15, -0.1) is 0 Å². The highest BCUT2D eigenvalue weighted by Crippen LogP contribution is 2.29. The number of hydrogen-bond acceptors (Lipinski definition) is 3. The Morgan fingerprint density at radius 2 is 2.18 bits per heavy atom. The summed E-state index contributed by atoms with van der Waals surface area (Å²) in [4.78, 5) is 4.15. The number of aliphatic hydroxyl groups excluding tert-OH is 1. The minimum atomic E-state index is -0.758. The van der Waals surface area contributed by atoms with Crippen LogP contribution in [-0.4, -0.2) is 21.8 Å². The molecule has 0 fully saturated rings. The maximum atomic E-state index is 10.3. The molecule has 4 nitrogen and oxygen atoms in total. The van der Waals surface area contributed by atoms with Crippen LogP contribution in [0, 0.1) is 6.92 Å². The van der Waals surface area contributed by atoms with Gasteiger partial charge >= 0.3 is 0 Å². The van der Waals surface area contributed by atoms with E-state index in [4.69, 9.17) is 4.74 Å². The Kier molecular flexibility index (Phi) is 3.15. The third-order valence-electron chi connectivity index (χ3n) is 2.68. The van der Waals surface area contributed by atoms with Crippen LogP contribution in [0.15, 0.2) is 30.7 Å². The maximum absolute atomic E-state index is 10.3. The molecule has 0 spiro atoms. The van der Waals surface area contributed by atoms with E-state index in [1.807, 2.05) is 32.2 Å². The largest absolute Gasteiger partial charge is 0.496 e. The molecular formula is C13H16N2O2. The van der Waals surface area contributed by atoms with Crippen molar-refractivity contribution >= 4 is 0 Å². The van der Waals surface area contributed by atoms with E-state index in [1.54, 1.807) is 24.2 Å². The fourth-order valence-electron chi connectivity index (χ4n) is 1.80. The Morgan fingerprint density at radius 3 is 2.76 bits per heavy atom. The molecule has 1 aromatic carbocycles. The molecule has 2 aromatic rings. The molecule has 17 heavy (non-hydrogen) atoms. The summed E-state index contributed by atoms with van der Waals surface area (Å²) in [5.74, 6) is 0.675. The lowest BCUT2D eigenvalue weighted by molar-refractivity contribution is 0.210. The summed E-state index contributed by atoms with van der Waals surface area (Å²) in [5, 5.41) is 10.3. The van der Waals surface area contributed by atoms with Crippen LogP contribution in [0.4, 0.5) is 0 Å². The van der Waals surface area contributed by atoms with Gasteiger partial charge in [0.15, 0.2) is 0 Å². The van der Waals surface area contributed by atoms with Crippen LogP contribution in [-0.2, 0) is 7.05 Å². The second kappa shape index (κ2) is 4.59. The van der Waals surface area contributed by atoms with E-state index in [1.165, 1.54) is 0 Å². The lowest BCUT2D eigenvalue weighted by atomic mass is 10.0. The normalized spacial score (nSPS) is 12.5. The van der Waals surface area contributed by atoms with Crippen molar-refractivity contribution in [3.63, 3.8) is 0 Å². The third-order valence-corrected chi connectivity index (χ3v) is 2.68. The van der Waals surface area contributed by atoms with E-state index >= 15 is 0 Å². The number of aliphatic hydroxyl groups is 1. The quantitative estimate of drug-likeness (QED) is 0.878. The Bertz CT molecular complexity index is 520. The smallest absolute Gasteiger partial charge is 0.126 e. The molecule has 0 aliphatic rings. The zero-order chi connectivity index (χ0) is 12.4. The molecule has 1 atom stereocenters. The van der Waals surface area contributed by atoms with Crippen LogP contribution in [0.2, 0.25) is 0 Å². The molecule has 0 radical (unpaired) electrons. The van der Waals surface area contributed by atoms with Crippen molar-refractivity contribution in [3.8, 4) is 5.75 Å². The first kappa shape index (κ1) is 11.7. The topological polar surface area (TPSA) is 47.3 Å². The molecule has 1 heterocycles. The number of nitrogens with zero attached hydrogens (tertiary/aromatic N) is 2. The number of benzene rings is 1. The molecule has 0 bridgehead atoms. The molecule has 0 aliphatic carbocycles. The lowest BCUT2D eigenvalue weighted by Gasteiger charge is -2.13. The summed E-state index contributed by atoms with van der Waals surface area (Å²) < 4.78 is 7.06. The standard InChI is InChI=1S/C13H16N2O2/c1-9-4-5-12(17-3)10(6-9)13(16)11-7-15(2)8-14-11/h4-8,13,16H,1-3H3. The minimum absolute atomic E-state index is 0.622. The Balaban J connectivity index is 2.42. The van der Waals surface area contributed by atoms with Crippen molar-refractivity contribution in [1.29, 1.82) is 0 Å². The van der Waals surface area contributed by atoms with Gasteiger partial charge in [0.2, 0.25) is 0 Å². The number of ether oxygens (including phenoxy) is 1. The van der Waals surface area contributed by atoms with Gasteiger partial charge in [0.05, 0.1) is 19.1 Å². The average molecular weight is 232 g/mol. The zero-order valence-electron chi connectivity index (χ0n) is 10.2. The highest BCUT2D eigenvalue weighted by atomic mass is 16.5. The molecule has 1 unspecified atom stereocenters. The van der Waals surface area contributed by atoms with Gasteiger partial charge in [0, 0.05) is 18.8 Å². The second-order valence-electron chi connectivity index (χ2n) is 4.11. The summed E-state index contributed by atoms with van der Waals surface area (Å²) in [6.07, 6.45) is 2.71. The first-order chi connectivity index (χ1) is 8.11. The molecule has 0 amide bonds. The first-order valence-electron chi connectivity index (χ1n) is 5.42. The third kappa shape index (κ3) is 2.31. The number of aryl methyl sites for hydroxylation is 2. The maximum Gasteiger partial charge on any atom is 0.126 e. The van der Waals surface area contributed by atoms with Gasteiger partial charge in [-0.25, -0.2) is 4.98 Å². The second-order valence-corrected chi connectivity index (χ2v) is 4.11. The Labute approximate surface area is 100 Å². The van der Waals surface area contributed by atoms with Crippen LogP contribution in [0.5, 0.6) is 5.75 Å². The number of imidazole rings is 1. The first-order valence-corrected chi connectivity index (χ1v) is 5.42. The molecule has 1 aromatic heterocycles. The van der Waals surface area contributed by atoms with Crippen LogP contribution in [0.25, 0.3) is 0 Å². The van der Waals surface area contributed by atoms with Gasteiger partial charge in [-0.3, -0.25) is 0 Å². The fourth-order valence-corrected chi connectivity index (χ4v) is 1.80. The minimum Gasteiger partial charge on any atom is -0.496 e. The van der Waals surface area contributed by atoms with Crippen molar-refractivity contribution in [2.45, 2.75) is 13.0 Å². The van der Waals surface area contributed by atoms with Gasteiger partial charge in [-0.2, -0.15) is 0 Å². The van der Waals surface area contributed by atoms with Gasteiger partial charge in [0.25, 0.3) is 0 Å². The van der Waals surface area contributed by atoms with Crippen LogP contribution in [0.1, 0.15) is 22.9 Å². The molecule has 90 valence electrons. The predicted octanol–water partition coefficient (Wildman–Crippen LogP) is 1.82. The van der Waals surface area contributed by atoms with E-state index in [9.17, 15) is 5.11 Å². The summed E-state index contributed by atoms with van der Waals surface area (Å²) >= 11 is 0. The Hall–Kier alpha value is -1.81. The molecule has 1 N–H and O–H groups in total. The van der Waals surface area contributed by atoms with Crippen molar-refractivity contribution in [3.05, 3.63) is 47.5 Å². The molecule has 4 heteroatoms. The number of methoxy groups -OCH3 is 1. The van der Waals surface area contributed by atoms with E-state index in [0.717, 1.165) is 11.1 Å². The average Bonchev–Trinajstić information content (AvgIpc) is 2.75. The van der Waals surface area contributed by atoms with Crippen molar-refractivity contribution in [2.24, 2.45) is 7.05 Å². The van der Waals surface area contributed by atoms with Crippen molar-refractivity contribution < 1.29 is 9.84 Å². The summed E-state index contributed by atoms with van der Waals surface area (Å²) in [5.41, 5.74) is 2.44. The molecule has 0 aliphatic heterocycles. The van der Waals surface area contributed by atoms with Crippen molar-refractivity contribution in [1.82, 2.24) is 9.55 Å². The van der Waals surface area contributed by atoms with Crippen LogP contribution < -0.4 is 4.74 Å². The van der Waals surface area contributed by atoms with E-state index in [0.29, 0.717) is 11.4 Å². The van der Waals surface area contributed by atoms with Gasteiger partial charge < -0.3 is 14.4 Å². The van der Waals surface area contributed by atoms with E-state index < -0.39 is 6.10 Å². The number of hydrogen-bond donors (Lipinski definition) is 1. The van der Waals surface area contributed by atoms with E-state index in [-0.39, 0.29) is 0 Å². The summed E-state index contributed by atoms with van der Waals surface area (Å²) in [6, 6.07) is 5.72. The van der Waals surface area contributed by atoms with Gasteiger partial charge in [-0.05, 0) is 19.1 Å². The zero-order valence-corrected chi connectivity index (χ0v) is 10.2. The number of rotatable bonds is 3. The van der Waals surface area contributed by atoms with Gasteiger partial charge in [-0.1, -0.05) is 11.6 Å². The fraction of sp³-hybridized carbons (Fsp3) is 0.308. The summed E-state index contributed by atoms with van der Waals surface area (Å²) in [7, 11) is 3.47. The highest BCUT2D eigenvalue weighted by molar-refractivity contribution is 5.41. The van der Waals surface area contributed by atoms with Crippen LogP contribution in [0.3, 0.4) is 0 Å². The van der Waals surface area contributed by atoms with Crippen LogP contribution >= 0.6 is 0 Å². The molecule has 2 rings (SSSR count).